The van der Waals surface area contributed by atoms with Crippen molar-refractivity contribution in [3.05, 3.63) is 0 Å². The molecule has 3 heteroatoms. The van der Waals surface area contributed by atoms with E-state index in [2.05, 4.69) is 16.9 Å². The summed E-state index contributed by atoms with van der Waals surface area (Å²) in [5.74, 6) is 0. The molecule has 0 amide bonds. The van der Waals surface area contributed by atoms with E-state index in [1.54, 1.807) is 0 Å². The predicted molar refractivity (Wildman–Crippen MR) is 37.3 cm³/mol. The molecular formula is C7H14FNO. The summed E-state index contributed by atoms with van der Waals surface area (Å²) >= 11 is 0. The Morgan fingerprint density at radius 1 is 1.40 bits per heavy atom. The van der Waals surface area contributed by atoms with Crippen molar-refractivity contribution in [2.75, 3.05) is 20.1 Å². The van der Waals surface area contributed by atoms with E-state index in [1.165, 1.54) is 19.5 Å². The van der Waals surface area contributed by atoms with E-state index in [0.29, 0.717) is 0 Å². The first-order valence-corrected chi connectivity index (χ1v) is 3.79. The third kappa shape index (κ3) is 3.13. The summed E-state index contributed by atoms with van der Waals surface area (Å²) in [6.07, 6.45) is 3.21. The smallest absolute Gasteiger partial charge is 0.0985 e. The number of rotatable bonds is 1. The summed E-state index contributed by atoms with van der Waals surface area (Å²) in [4.78, 5) is 5.67. The second kappa shape index (κ2) is 3.88. The topological polar surface area (TPSA) is 12.5 Å². The van der Waals surface area contributed by atoms with Crippen molar-refractivity contribution in [3.8, 4) is 0 Å². The molecule has 10 heavy (non-hydrogen) atoms. The van der Waals surface area contributed by atoms with Crippen LogP contribution in [-0.2, 0) is 4.94 Å². The molecule has 1 aliphatic heterocycles. The Kier molecular flexibility index (Phi) is 3.09. The second-order valence-electron chi connectivity index (χ2n) is 2.95. The fourth-order valence-electron chi connectivity index (χ4n) is 0.631. The summed E-state index contributed by atoms with van der Waals surface area (Å²) in [6.45, 7) is 2.64. The van der Waals surface area contributed by atoms with Crippen LogP contribution >= 0.6 is 0 Å². The monoisotopic (exact) mass is 147 g/mol. The lowest BCUT2D eigenvalue weighted by Gasteiger charge is -2.24. The third-order valence-corrected chi connectivity index (χ3v) is 1.73. The van der Waals surface area contributed by atoms with E-state index in [-0.39, 0.29) is 6.10 Å². The van der Waals surface area contributed by atoms with Crippen molar-refractivity contribution in [1.82, 2.24) is 4.90 Å². The summed E-state index contributed by atoms with van der Waals surface area (Å²) in [7, 11) is 2.14. The van der Waals surface area contributed by atoms with Gasteiger partial charge >= 0.3 is 0 Å². The first kappa shape index (κ1) is 7.95. The Balaban J connectivity index is 0.0000001000. The van der Waals surface area contributed by atoms with Gasteiger partial charge in [0.1, 0.15) is 0 Å². The van der Waals surface area contributed by atoms with Crippen molar-refractivity contribution in [1.29, 1.82) is 0 Å². The predicted octanol–water partition coefficient (Wildman–Crippen LogP) is 1.37. The normalized spacial score (nSPS) is 24.6. The molecule has 2 fully saturated rings. The number of hydrogen-bond acceptors (Lipinski definition) is 2. The fourth-order valence-corrected chi connectivity index (χ4v) is 0.631. The first-order chi connectivity index (χ1) is 4.83. The Morgan fingerprint density at radius 3 is 1.90 bits per heavy atom. The third-order valence-electron chi connectivity index (χ3n) is 1.73. The van der Waals surface area contributed by atoms with Gasteiger partial charge in [-0.05, 0) is 43.9 Å². The minimum atomic E-state index is -0.0324. The molecule has 1 saturated heterocycles. The average molecular weight is 147 g/mol. The van der Waals surface area contributed by atoms with Gasteiger partial charge in [-0.3, -0.25) is 0 Å². The maximum Gasteiger partial charge on any atom is 0.0985 e. The van der Waals surface area contributed by atoms with Crippen LogP contribution in [-0.4, -0.2) is 31.1 Å². The molecule has 0 spiro atoms. The quantitative estimate of drug-likeness (QED) is 0.555. The molecule has 0 aromatic heterocycles. The van der Waals surface area contributed by atoms with Crippen LogP contribution in [0, 0.1) is 0 Å². The molecule has 0 atom stereocenters. The number of likely N-dealkylation sites (tertiary alicyclic amines) is 1. The Labute approximate surface area is 60.9 Å². The van der Waals surface area contributed by atoms with Crippen molar-refractivity contribution < 1.29 is 9.47 Å². The van der Waals surface area contributed by atoms with Gasteiger partial charge in [-0.15, -0.1) is 0 Å². The summed E-state index contributed by atoms with van der Waals surface area (Å²) in [6, 6.07) is 0. The highest BCUT2D eigenvalue weighted by atomic mass is 19.3. The van der Waals surface area contributed by atoms with Crippen LogP contribution in [0.25, 0.3) is 0 Å². The van der Waals surface area contributed by atoms with Gasteiger partial charge in [0.05, 0.1) is 6.10 Å². The lowest BCUT2D eigenvalue weighted by atomic mass is 10.3. The zero-order valence-electron chi connectivity index (χ0n) is 6.35. The Morgan fingerprint density at radius 2 is 1.90 bits per heavy atom. The molecule has 0 bridgehead atoms. The van der Waals surface area contributed by atoms with E-state index in [9.17, 15) is 4.53 Å². The number of nitrogens with zero attached hydrogens (tertiary/aromatic N) is 1. The average Bonchev–Trinajstić information content (AvgIpc) is 2.66. The molecule has 2 rings (SSSR count). The largest absolute Gasteiger partial charge is 0.306 e. The molecule has 2 nitrogen and oxygen atoms in total. The molecule has 0 aromatic carbocycles. The molecule has 2 aliphatic rings. The molecule has 1 heterocycles. The molecule has 0 aromatic rings. The second-order valence-corrected chi connectivity index (χ2v) is 2.95. The maximum absolute atomic E-state index is 10.7. The highest BCUT2D eigenvalue weighted by Crippen LogP contribution is 2.22. The molecule has 0 N–H and O–H groups in total. The van der Waals surface area contributed by atoms with Crippen LogP contribution in [0.3, 0.4) is 0 Å². The lowest BCUT2D eigenvalue weighted by Crippen LogP contribution is -2.32. The molecule has 1 aliphatic carbocycles. The van der Waals surface area contributed by atoms with Crippen LogP contribution < -0.4 is 0 Å². The molecule has 1 saturated carbocycles. The highest BCUT2D eigenvalue weighted by Gasteiger charge is 2.22. The van der Waals surface area contributed by atoms with Gasteiger partial charge in [-0.1, -0.05) is 0 Å². The van der Waals surface area contributed by atoms with Crippen LogP contribution in [0.5, 0.6) is 0 Å². The van der Waals surface area contributed by atoms with Gasteiger partial charge in [0.2, 0.25) is 0 Å². The van der Waals surface area contributed by atoms with E-state index in [4.69, 9.17) is 0 Å². The minimum Gasteiger partial charge on any atom is -0.306 e. The Hall–Kier alpha value is -0.150. The van der Waals surface area contributed by atoms with Crippen LogP contribution in [0.4, 0.5) is 4.53 Å². The fraction of sp³-hybridized carbons (Fsp3) is 1.00. The van der Waals surface area contributed by atoms with Crippen molar-refractivity contribution in [2.45, 2.75) is 25.4 Å². The minimum absolute atomic E-state index is 0.0324. The molecular weight excluding hydrogens is 133 g/mol. The highest BCUT2D eigenvalue weighted by molar-refractivity contribution is 4.70. The van der Waals surface area contributed by atoms with Gasteiger partial charge < -0.3 is 4.90 Å². The lowest BCUT2D eigenvalue weighted by molar-refractivity contribution is -0.143. The van der Waals surface area contributed by atoms with Gasteiger partial charge in [0.25, 0.3) is 0 Å². The van der Waals surface area contributed by atoms with Crippen molar-refractivity contribution >= 4 is 0 Å². The molecule has 0 unspecified atom stereocenters. The zero-order chi connectivity index (χ0) is 7.40. The number of halogens is 1. The SMILES string of the molecule is CN1CCC1.FOC1CC1. The molecule has 60 valence electrons. The summed E-state index contributed by atoms with van der Waals surface area (Å²) in [5, 5.41) is 0. The van der Waals surface area contributed by atoms with Crippen molar-refractivity contribution in [3.63, 3.8) is 0 Å². The Bertz CT molecular complexity index is 91.6. The van der Waals surface area contributed by atoms with Crippen LogP contribution in [0.15, 0.2) is 0 Å². The summed E-state index contributed by atoms with van der Waals surface area (Å²) < 4.78 is 10.7. The van der Waals surface area contributed by atoms with Crippen LogP contribution in [0.2, 0.25) is 0 Å². The number of hydrogen-bond donors (Lipinski definition) is 0. The van der Waals surface area contributed by atoms with Gasteiger partial charge in [-0.25, -0.2) is 0 Å². The maximum atomic E-state index is 10.7. The van der Waals surface area contributed by atoms with E-state index in [1.807, 2.05) is 0 Å². The van der Waals surface area contributed by atoms with Crippen LogP contribution in [0.1, 0.15) is 19.3 Å². The van der Waals surface area contributed by atoms with Crippen molar-refractivity contribution in [2.24, 2.45) is 0 Å². The summed E-state index contributed by atoms with van der Waals surface area (Å²) in [5.41, 5.74) is 0. The zero-order valence-corrected chi connectivity index (χ0v) is 6.35. The van der Waals surface area contributed by atoms with Gasteiger partial charge in [0.15, 0.2) is 0 Å². The van der Waals surface area contributed by atoms with E-state index >= 15 is 0 Å². The van der Waals surface area contributed by atoms with Gasteiger partial charge in [0, 0.05) is 0 Å². The van der Waals surface area contributed by atoms with Gasteiger partial charge in [-0.2, -0.15) is 4.94 Å². The van der Waals surface area contributed by atoms with E-state index in [0.717, 1.165) is 12.8 Å². The van der Waals surface area contributed by atoms with E-state index < -0.39 is 0 Å². The first-order valence-electron chi connectivity index (χ1n) is 3.79. The standard InChI is InChI=1S/C4H9N.C3H5FO/c1-5-3-2-4-5;4-5-3-1-2-3/h2-4H2,1H3;3H,1-2H2. The molecule has 0 radical (unpaired) electrons.